The molecular formula is C68H102O6. The highest BCUT2D eigenvalue weighted by Crippen LogP contribution is 2.67. The summed E-state index contributed by atoms with van der Waals surface area (Å²) in [5.41, 5.74) is 6.78. The van der Waals surface area contributed by atoms with Gasteiger partial charge in [-0.2, -0.15) is 0 Å². The third kappa shape index (κ3) is 12.6. The normalized spacial score (nSPS) is 34.5. The Balaban J connectivity index is 1.03. The molecule has 0 aromatic heterocycles. The SMILES string of the molecule is CC(/C=C/C=C(C)/C=C/[C@@]12O[C@]1(C)C[C@@H](O)CC2(C)C)=C\C=C\C=C(/C)[C@H]1Oc2c(C)c(C)c3c(c2C[C@@H]1/C=C\C=C\[C@@]12O[C@]1(C)C[C@@H](O)CC2(C)C)CC[C@@](C)(CCCC(C)CCCC(C)CCCC(C)C)O3. The van der Waals surface area contributed by atoms with E-state index in [1.54, 1.807) is 0 Å². The first kappa shape index (κ1) is 58.3. The lowest BCUT2D eigenvalue weighted by Gasteiger charge is -2.41. The zero-order valence-corrected chi connectivity index (χ0v) is 49.4. The van der Waals surface area contributed by atoms with Crippen LogP contribution in [0.1, 0.15) is 209 Å². The average Bonchev–Trinajstić information content (AvgIpc) is 4.15. The van der Waals surface area contributed by atoms with Crippen LogP contribution in [0.3, 0.4) is 0 Å². The van der Waals surface area contributed by atoms with Gasteiger partial charge in [-0.1, -0.05) is 178 Å². The molecule has 7 rings (SSSR count). The Morgan fingerprint density at radius 3 is 1.76 bits per heavy atom. The first-order chi connectivity index (χ1) is 34.7. The number of aliphatic hydroxyl groups excluding tert-OH is 2. The number of hydrogen-bond acceptors (Lipinski definition) is 6. The van der Waals surface area contributed by atoms with Crippen LogP contribution in [-0.4, -0.2) is 56.5 Å². The van der Waals surface area contributed by atoms with Crippen LogP contribution in [0.25, 0.3) is 0 Å². The fourth-order valence-electron chi connectivity index (χ4n) is 14.4. The third-order valence-corrected chi connectivity index (χ3v) is 19.1. The molecule has 1 aromatic carbocycles. The minimum absolute atomic E-state index is 0.117. The van der Waals surface area contributed by atoms with Gasteiger partial charge in [0, 0.05) is 40.7 Å². The maximum Gasteiger partial charge on any atom is 0.127 e. The molecule has 2 aliphatic carbocycles. The molecule has 4 aliphatic heterocycles. The van der Waals surface area contributed by atoms with E-state index in [1.165, 1.54) is 79.2 Å². The molecule has 11 atom stereocenters. The van der Waals surface area contributed by atoms with Crippen LogP contribution in [0.2, 0.25) is 0 Å². The van der Waals surface area contributed by atoms with Gasteiger partial charge in [0.05, 0.1) is 12.2 Å². The molecule has 6 heteroatoms. The number of rotatable bonds is 22. The lowest BCUT2D eigenvalue weighted by Crippen LogP contribution is -2.46. The van der Waals surface area contributed by atoms with Crippen molar-refractivity contribution in [3.63, 3.8) is 0 Å². The van der Waals surface area contributed by atoms with Crippen molar-refractivity contribution in [3.8, 4) is 11.5 Å². The van der Waals surface area contributed by atoms with E-state index in [9.17, 15) is 10.2 Å². The van der Waals surface area contributed by atoms with Crippen LogP contribution >= 0.6 is 0 Å². The van der Waals surface area contributed by atoms with E-state index in [-0.39, 0.29) is 63.1 Å². The fourth-order valence-corrected chi connectivity index (χ4v) is 14.4. The topological polar surface area (TPSA) is 84.0 Å². The summed E-state index contributed by atoms with van der Waals surface area (Å²) in [6.45, 7) is 36.1. The largest absolute Gasteiger partial charge is 0.487 e. The van der Waals surface area contributed by atoms with E-state index < -0.39 is 0 Å². The Morgan fingerprint density at radius 1 is 0.608 bits per heavy atom. The molecule has 74 heavy (non-hydrogen) atoms. The predicted molar refractivity (Wildman–Crippen MR) is 309 cm³/mol. The molecular weight excluding hydrogens is 913 g/mol. The van der Waals surface area contributed by atoms with Crippen molar-refractivity contribution in [1.82, 2.24) is 0 Å². The molecule has 2 unspecified atom stereocenters. The molecule has 6 aliphatic rings. The summed E-state index contributed by atoms with van der Waals surface area (Å²) in [5, 5.41) is 21.1. The molecule has 0 amide bonds. The number of hydrogen-bond donors (Lipinski definition) is 2. The summed E-state index contributed by atoms with van der Waals surface area (Å²) in [4.78, 5) is 0. The van der Waals surface area contributed by atoms with Crippen LogP contribution in [0.5, 0.6) is 11.5 Å². The summed E-state index contributed by atoms with van der Waals surface area (Å²) in [6.07, 6.45) is 45.2. The van der Waals surface area contributed by atoms with Crippen molar-refractivity contribution in [2.24, 2.45) is 34.5 Å². The van der Waals surface area contributed by atoms with Gasteiger partial charge in [0.2, 0.25) is 0 Å². The van der Waals surface area contributed by atoms with Crippen molar-refractivity contribution < 1.29 is 29.2 Å². The molecule has 410 valence electrons. The van der Waals surface area contributed by atoms with E-state index in [1.807, 2.05) is 0 Å². The van der Waals surface area contributed by atoms with Crippen LogP contribution in [0.4, 0.5) is 0 Å². The second-order valence-corrected chi connectivity index (χ2v) is 27.3. The summed E-state index contributed by atoms with van der Waals surface area (Å²) in [7, 11) is 0. The quantitative estimate of drug-likeness (QED) is 0.0889. The average molecular weight is 1020 g/mol. The zero-order valence-electron chi connectivity index (χ0n) is 49.4. The first-order valence-corrected chi connectivity index (χ1v) is 29.4. The molecule has 0 spiro atoms. The number of allylic oxidation sites excluding steroid dienone is 12. The van der Waals surface area contributed by atoms with Crippen molar-refractivity contribution in [2.75, 3.05) is 0 Å². The molecule has 2 N–H and O–H groups in total. The van der Waals surface area contributed by atoms with Gasteiger partial charge in [0.25, 0.3) is 0 Å². The highest BCUT2D eigenvalue weighted by atomic mass is 16.6. The van der Waals surface area contributed by atoms with E-state index in [0.29, 0.717) is 12.8 Å². The van der Waals surface area contributed by atoms with Gasteiger partial charge in [-0.15, -0.1) is 0 Å². The summed E-state index contributed by atoms with van der Waals surface area (Å²) in [5.74, 6) is 4.68. The van der Waals surface area contributed by atoms with E-state index in [2.05, 4.69) is 190 Å². The van der Waals surface area contributed by atoms with Crippen molar-refractivity contribution in [1.29, 1.82) is 0 Å². The second kappa shape index (κ2) is 22.9. The van der Waals surface area contributed by atoms with Crippen molar-refractivity contribution in [3.05, 3.63) is 118 Å². The van der Waals surface area contributed by atoms with E-state index in [0.717, 1.165) is 78.9 Å². The van der Waals surface area contributed by atoms with Crippen LogP contribution in [0, 0.1) is 48.3 Å². The Labute approximate surface area is 451 Å². The van der Waals surface area contributed by atoms with Gasteiger partial charge in [0.15, 0.2) is 0 Å². The maximum atomic E-state index is 10.7. The Bertz CT molecular complexity index is 2400. The van der Waals surface area contributed by atoms with E-state index in [4.69, 9.17) is 18.9 Å². The minimum atomic E-state index is -0.376. The molecule has 0 bridgehead atoms. The Morgan fingerprint density at radius 2 is 1.15 bits per heavy atom. The number of aliphatic hydroxyl groups is 2. The lowest BCUT2D eigenvalue weighted by molar-refractivity contribution is 0.0501. The van der Waals surface area contributed by atoms with Crippen molar-refractivity contribution >= 4 is 0 Å². The molecule has 2 saturated carbocycles. The van der Waals surface area contributed by atoms with Gasteiger partial charge >= 0.3 is 0 Å². The van der Waals surface area contributed by atoms with Crippen molar-refractivity contribution in [2.45, 2.75) is 260 Å². The van der Waals surface area contributed by atoms with Crippen LogP contribution in [0.15, 0.2) is 95.7 Å². The second-order valence-electron chi connectivity index (χ2n) is 27.3. The molecule has 6 nitrogen and oxygen atoms in total. The fraction of sp³-hybridized carbons (Fsp3) is 0.676. The standard InChI is InChI=1S/C68H102O6/c1-46(2)25-21-27-48(4)29-22-30-49(5)32-24-37-64(14)39-36-57-58-41-54(34-19-20-38-67-62(10,11)42-55(69)44-65(67,15)73-67)59(71-60(58)52(8)53(9)61(57)72-64)51(7)33-18-17-26-47(3)28-23-31-50(6)35-40-68-63(12,13)43-56(70)45-66(68,16)74-68/h17-20,23,26,28,31,33-35,38,40,46,48-49,54-56,59,69-70H,21-22,24-25,27,29-30,32,36-37,39,41-45H2,1-16H3/b18-17+,28-23+,34-19-,38-20+,40-35+,47-26+,50-31+,51-33+/t48?,49?,54-,55-,56-,59+,64+,65+,66+,67-,68-/m0/s1. The monoisotopic (exact) mass is 1010 g/mol. The van der Waals surface area contributed by atoms with Crippen LogP contribution in [-0.2, 0) is 22.3 Å². The van der Waals surface area contributed by atoms with Crippen LogP contribution < -0.4 is 9.47 Å². The van der Waals surface area contributed by atoms with Gasteiger partial charge in [-0.3, -0.25) is 0 Å². The Kier molecular flexibility index (Phi) is 18.0. The number of benzene rings is 1. The molecule has 4 fully saturated rings. The van der Waals surface area contributed by atoms with E-state index >= 15 is 0 Å². The summed E-state index contributed by atoms with van der Waals surface area (Å²) >= 11 is 0. The number of fused-ring (bicyclic) bond motifs is 5. The number of epoxide rings is 2. The van der Waals surface area contributed by atoms with Gasteiger partial charge in [-0.25, -0.2) is 0 Å². The molecule has 0 radical (unpaired) electrons. The van der Waals surface area contributed by atoms with Gasteiger partial charge < -0.3 is 29.2 Å². The first-order valence-electron chi connectivity index (χ1n) is 29.4. The molecule has 1 aromatic rings. The summed E-state index contributed by atoms with van der Waals surface area (Å²) < 4.78 is 27.3. The van der Waals surface area contributed by atoms with Gasteiger partial charge in [-0.05, 0) is 147 Å². The maximum absolute atomic E-state index is 10.7. The van der Waals surface area contributed by atoms with Gasteiger partial charge in [0.1, 0.15) is 45.6 Å². The molecule has 4 heterocycles. The smallest absolute Gasteiger partial charge is 0.127 e. The highest BCUT2D eigenvalue weighted by Gasteiger charge is 2.75. The third-order valence-electron chi connectivity index (χ3n) is 19.1. The minimum Gasteiger partial charge on any atom is -0.487 e. The Hall–Kier alpha value is -3.42. The zero-order chi connectivity index (χ0) is 54.1. The lowest BCUT2D eigenvalue weighted by atomic mass is 9.63. The summed E-state index contributed by atoms with van der Waals surface area (Å²) in [6, 6.07) is 0. The number of ether oxygens (including phenoxy) is 4. The predicted octanol–water partition coefficient (Wildman–Crippen LogP) is 16.8. The highest BCUT2D eigenvalue weighted by molar-refractivity contribution is 5.61. The molecule has 2 saturated heterocycles.